The van der Waals surface area contributed by atoms with Gasteiger partial charge >= 0.3 is 0 Å². The summed E-state index contributed by atoms with van der Waals surface area (Å²) in [6.45, 7) is 10.9. The second-order valence-electron chi connectivity index (χ2n) is 11.7. The third-order valence-corrected chi connectivity index (χ3v) is 7.02. The van der Waals surface area contributed by atoms with Gasteiger partial charge in [0.15, 0.2) is 0 Å². The van der Waals surface area contributed by atoms with Crippen molar-refractivity contribution in [2.75, 3.05) is 138 Å². The number of hydrogen-bond donors (Lipinski definition) is 6. The molecule has 0 saturated heterocycles. The SMILES string of the molecule is CCCOCCOCCOCCOCCNC(=O)C(CCCCNC(=O)CCOCCOCCN)NC(=O)CCCNC(=O)CCOCCOCCN. The Morgan fingerprint density at radius 3 is 1.38 bits per heavy atom. The topological polar surface area (TPSA) is 242 Å². The predicted octanol–water partition coefficient (Wildman–Crippen LogP) is -0.989. The van der Waals surface area contributed by atoms with Gasteiger partial charge < -0.3 is 70.6 Å². The molecule has 0 bridgehead atoms. The van der Waals surface area contributed by atoms with Crippen molar-refractivity contribution in [2.45, 2.75) is 64.3 Å². The van der Waals surface area contributed by atoms with Crippen LogP contribution in [0.2, 0.25) is 0 Å². The highest BCUT2D eigenvalue weighted by Crippen LogP contribution is 2.03. The van der Waals surface area contributed by atoms with Crippen LogP contribution in [0.5, 0.6) is 0 Å². The van der Waals surface area contributed by atoms with Crippen molar-refractivity contribution in [1.29, 1.82) is 0 Å². The fourth-order valence-electron chi connectivity index (χ4n) is 4.31. The van der Waals surface area contributed by atoms with E-state index in [0.29, 0.717) is 131 Å². The molecule has 0 fully saturated rings. The van der Waals surface area contributed by atoms with E-state index in [2.05, 4.69) is 28.2 Å². The number of nitrogens with one attached hydrogen (secondary N) is 4. The number of amides is 4. The molecule has 0 aromatic rings. The highest BCUT2D eigenvalue weighted by molar-refractivity contribution is 5.87. The van der Waals surface area contributed by atoms with Gasteiger partial charge in [-0.05, 0) is 32.1 Å². The number of carbonyl (C=O) groups excluding carboxylic acids is 4. The van der Waals surface area contributed by atoms with Crippen molar-refractivity contribution in [3.05, 3.63) is 0 Å². The average Bonchev–Trinajstić information content (AvgIpc) is 3.15. The molecule has 1 unspecified atom stereocenters. The zero-order chi connectivity index (χ0) is 38.9. The number of carbonyl (C=O) groups is 4. The summed E-state index contributed by atoms with van der Waals surface area (Å²) in [5, 5.41) is 11.2. The van der Waals surface area contributed by atoms with Crippen molar-refractivity contribution in [1.82, 2.24) is 21.3 Å². The van der Waals surface area contributed by atoms with Crippen LogP contribution in [0.15, 0.2) is 0 Å². The molecule has 0 aromatic heterocycles. The van der Waals surface area contributed by atoms with Crippen LogP contribution in [-0.2, 0) is 57.1 Å². The molecule has 0 aliphatic carbocycles. The summed E-state index contributed by atoms with van der Waals surface area (Å²) in [6, 6.07) is -0.760. The molecular formula is C35H70N6O12. The molecule has 0 aliphatic heterocycles. The van der Waals surface area contributed by atoms with Gasteiger partial charge in [-0.2, -0.15) is 0 Å². The Morgan fingerprint density at radius 2 is 0.887 bits per heavy atom. The van der Waals surface area contributed by atoms with E-state index in [4.69, 9.17) is 49.4 Å². The lowest BCUT2D eigenvalue weighted by Crippen LogP contribution is -2.47. The number of unbranched alkanes of at least 4 members (excludes halogenated alkanes) is 1. The van der Waals surface area contributed by atoms with Gasteiger partial charge in [0.25, 0.3) is 0 Å². The Bertz CT molecular complexity index is 877. The van der Waals surface area contributed by atoms with Gasteiger partial charge in [-0.25, -0.2) is 0 Å². The number of nitrogens with two attached hydrogens (primary N) is 2. The van der Waals surface area contributed by atoms with E-state index in [0.717, 1.165) is 13.0 Å². The maximum Gasteiger partial charge on any atom is 0.242 e. The Balaban J connectivity index is 4.40. The third-order valence-electron chi connectivity index (χ3n) is 7.02. The van der Waals surface area contributed by atoms with E-state index in [1.165, 1.54) is 0 Å². The zero-order valence-corrected chi connectivity index (χ0v) is 32.1. The molecule has 4 amide bonds. The zero-order valence-electron chi connectivity index (χ0n) is 32.1. The van der Waals surface area contributed by atoms with Gasteiger partial charge in [-0.3, -0.25) is 19.2 Å². The molecular weight excluding hydrogens is 696 g/mol. The van der Waals surface area contributed by atoms with Crippen LogP contribution in [0.4, 0.5) is 0 Å². The monoisotopic (exact) mass is 767 g/mol. The van der Waals surface area contributed by atoms with Crippen LogP contribution < -0.4 is 32.7 Å². The summed E-state index contributed by atoms with van der Waals surface area (Å²) in [4.78, 5) is 49.8. The van der Waals surface area contributed by atoms with E-state index in [-0.39, 0.29) is 69.3 Å². The Labute approximate surface area is 316 Å². The second-order valence-corrected chi connectivity index (χ2v) is 11.7. The lowest BCUT2D eigenvalue weighted by Gasteiger charge is -2.19. The fraction of sp³-hybridized carbons (Fsp3) is 0.886. The van der Waals surface area contributed by atoms with Gasteiger partial charge in [0.1, 0.15) is 6.04 Å². The molecule has 18 heteroatoms. The normalized spacial score (nSPS) is 11.7. The molecule has 0 saturated carbocycles. The molecule has 18 nitrogen and oxygen atoms in total. The Hall–Kier alpha value is -2.52. The maximum absolute atomic E-state index is 13.0. The van der Waals surface area contributed by atoms with E-state index in [1.54, 1.807) is 0 Å². The molecule has 0 aliphatic rings. The molecule has 0 aromatic carbocycles. The summed E-state index contributed by atoms with van der Waals surface area (Å²) in [5.41, 5.74) is 10.7. The van der Waals surface area contributed by atoms with Crippen LogP contribution in [0.25, 0.3) is 0 Å². The summed E-state index contributed by atoms with van der Waals surface area (Å²) in [7, 11) is 0. The molecule has 0 rings (SSSR count). The van der Waals surface area contributed by atoms with Gasteiger partial charge in [-0.1, -0.05) is 6.92 Å². The van der Waals surface area contributed by atoms with Crippen LogP contribution in [0, 0.1) is 0 Å². The van der Waals surface area contributed by atoms with E-state index < -0.39 is 6.04 Å². The van der Waals surface area contributed by atoms with Crippen LogP contribution >= 0.6 is 0 Å². The number of hydrogen-bond acceptors (Lipinski definition) is 14. The largest absolute Gasteiger partial charge is 0.379 e. The maximum atomic E-state index is 13.0. The minimum Gasteiger partial charge on any atom is -0.379 e. The first kappa shape index (κ1) is 50.5. The molecule has 0 radical (unpaired) electrons. The Morgan fingerprint density at radius 1 is 0.453 bits per heavy atom. The summed E-state index contributed by atoms with van der Waals surface area (Å²) in [5.74, 6) is -0.927. The third kappa shape index (κ3) is 37.6. The molecule has 312 valence electrons. The van der Waals surface area contributed by atoms with E-state index >= 15 is 0 Å². The summed E-state index contributed by atoms with van der Waals surface area (Å²) < 4.78 is 42.9. The van der Waals surface area contributed by atoms with Crippen molar-refractivity contribution in [3.8, 4) is 0 Å². The van der Waals surface area contributed by atoms with Crippen molar-refractivity contribution >= 4 is 23.6 Å². The van der Waals surface area contributed by atoms with Gasteiger partial charge in [0.2, 0.25) is 23.6 Å². The van der Waals surface area contributed by atoms with Gasteiger partial charge in [-0.15, -0.1) is 0 Å². The summed E-state index contributed by atoms with van der Waals surface area (Å²) in [6.07, 6.45) is 3.55. The molecule has 0 spiro atoms. The predicted molar refractivity (Wildman–Crippen MR) is 198 cm³/mol. The van der Waals surface area contributed by atoms with Gasteiger partial charge in [0.05, 0.1) is 99.1 Å². The molecule has 1 atom stereocenters. The smallest absolute Gasteiger partial charge is 0.242 e. The summed E-state index contributed by atoms with van der Waals surface area (Å²) >= 11 is 0. The van der Waals surface area contributed by atoms with E-state index in [9.17, 15) is 19.2 Å². The van der Waals surface area contributed by atoms with Crippen molar-refractivity contribution in [2.24, 2.45) is 11.5 Å². The van der Waals surface area contributed by atoms with Crippen molar-refractivity contribution in [3.63, 3.8) is 0 Å². The van der Waals surface area contributed by atoms with E-state index in [1.807, 2.05) is 0 Å². The number of rotatable bonds is 41. The average molecular weight is 767 g/mol. The number of ether oxygens (including phenoxy) is 8. The highest BCUT2D eigenvalue weighted by Gasteiger charge is 2.20. The van der Waals surface area contributed by atoms with Crippen LogP contribution in [-0.4, -0.2) is 168 Å². The molecule has 53 heavy (non-hydrogen) atoms. The minimum atomic E-state index is -0.760. The quantitative estimate of drug-likeness (QED) is 0.0410. The van der Waals surface area contributed by atoms with Crippen LogP contribution in [0.3, 0.4) is 0 Å². The Kier molecular flexibility index (Phi) is 38.7. The first-order chi connectivity index (χ1) is 25.9. The standard InChI is InChI=1S/C35H70N6O12/c1-2-15-46-21-27-52-29-30-53-28-26-51-20-14-40-35(45)31(6-3-4-12-38-32(42)8-16-47-22-24-49-18-10-36)41-34(44)7-5-13-39-33(43)9-17-48-23-25-50-19-11-37/h31H,2-30,36-37H2,1H3,(H,38,42)(H,39,43)(H,40,45)(H,41,44). The second kappa shape index (κ2) is 40.7. The lowest BCUT2D eigenvalue weighted by atomic mass is 10.1. The van der Waals surface area contributed by atoms with Gasteiger partial charge in [0, 0.05) is 58.6 Å². The molecule has 0 heterocycles. The minimum absolute atomic E-state index is 0.130. The highest BCUT2D eigenvalue weighted by atomic mass is 16.6. The van der Waals surface area contributed by atoms with Crippen molar-refractivity contribution < 1.29 is 57.1 Å². The first-order valence-corrected chi connectivity index (χ1v) is 19.1. The van der Waals surface area contributed by atoms with Crippen LogP contribution in [0.1, 0.15) is 58.3 Å². The lowest BCUT2D eigenvalue weighted by molar-refractivity contribution is -0.129. The fourth-order valence-corrected chi connectivity index (χ4v) is 4.31. The molecule has 8 N–H and O–H groups in total. The first-order valence-electron chi connectivity index (χ1n) is 19.1.